The van der Waals surface area contributed by atoms with Crippen molar-refractivity contribution in [2.45, 2.75) is 13.8 Å². The number of morpholine rings is 1. The predicted octanol–water partition coefficient (Wildman–Crippen LogP) is 5.16. The molecule has 1 aliphatic heterocycles. The van der Waals surface area contributed by atoms with Crippen LogP contribution in [0.2, 0.25) is 0 Å². The first kappa shape index (κ1) is 21.3. The lowest BCUT2D eigenvalue weighted by Gasteiger charge is -2.29. The Morgan fingerprint density at radius 2 is 1.73 bits per heavy atom. The van der Waals surface area contributed by atoms with E-state index in [9.17, 15) is 4.79 Å². The standard InChI is InChI=1S/C24H24N6O2S/c1-16-21(27-26-19-10-6-7-11-20(19)29-12-14-32-15-13-29)23(31)30(28-16)24-25-22(17(2)33-24)18-8-4-3-5-9-18/h3-11,28H,12-15H2,1-2H3. The van der Waals surface area contributed by atoms with Crippen molar-refractivity contribution in [3.8, 4) is 16.4 Å². The number of aromatic amines is 1. The van der Waals surface area contributed by atoms with Crippen LogP contribution < -0.4 is 10.5 Å². The number of hydrogen-bond acceptors (Lipinski definition) is 7. The van der Waals surface area contributed by atoms with E-state index in [1.54, 1.807) is 0 Å². The van der Waals surface area contributed by atoms with Gasteiger partial charge in [0.15, 0.2) is 5.69 Å². The Morgan fingerprint density at radius 1 is 1.00 bits per heavy atom. The van der Waals surface area contributed by atoms with Gasteiger partial charge in [-0.05, 0) is 26.0 Å². The van der Waals surface area contributed by atoms with Crippen LogP contribution >= 0.6 is 11.3 Å². The van der Waals surface area contributed by atoms with Crippen LogP contribution in [-0.4, -0.2) is 41.1 Å². The molecule has 2 aromatic heterocycles. The van der Waals surface area contributed by atoms with Crippen LogP contribution in [0.15, 0.2) is 69.6 Å². The maximum Gasteiger partial charge on any atom is 0.301 e. The molecule has 1 N–H and O–H groups in total. The van der Waals surface area contributed by atoms with Gasteiger partial charge in [-0.15, -0.1) is 10.2 Å². The van der Waals surface area contributed by atoms with Gasteiger partial charge in [-0.2, -0.15) is 4.68 Å². The number of aromatic nitrogens is 3. The molecule has 9 heteroatoms. The van der Waals surface area contributed by atoms with Crippen molar-refractivity contribution in [3.05, 3.63) is 75.5 Å². The van der Waals surface area contributed by atoms with Crippen LogP contribution in [0.1, 0.15) is 10.6 Å². The van der Waals surface area contributed by atoms with Gasteiger partial charge < -0.3 is 9.64 Å². The lowest BCUT2D eigenvalue weighted by molar-refractivity contribution is 0.123. The number of nitrogens with one attached hydrogen (secondary N) is 1. The molecule has 8 nitrogen and oxygen atoms in total. The summed E-state index contributed by atoms with van der Waals surface area (Å²) >= 11 is 1.46. The number of rotatable bonds is 5. The second kappa shape index (κ2) is 9.13. The highest BCUT2D eigenvalue weighted by Gasteiger charge is 2.18. The number of benzene rings is 2. The molecule has 0 bridgehead atoms. The van der Waals surface area contributed by atoms with Crippen LogP contribution in [0.25, 0.3) is 16.4 Å². The van der Waals surface area contributed by atoms with Crippen molar-refractivity contribution in [2.24, 2.45) is 10.2 Å². The molecule has 168 valence electrons. The molecule has 0 aliphatic carbocycles. The summed E-state index contributed by atoms with van der Waals surface area (Å²) in [6.45, 7) is 6.80. The number of anilines is 1. The summed E-state index contributed by atoms with van der Waals surface area (Å²) < 4.78 is 6.90. The van der Waals surface area contributed by atoms with Crippen molar-refractivity contribution in [1.29, 1.82) is 0 Å². The first-order valence-corrected chi connectivity index (χ1v) is 11.6. The molecule has 5 rings (SSSR count). The lowest BCUT2D eigenvalue weighted by Crippen LogP contribution is -2.36. The summed E-state index contributed by atoms with van der Waals surface area (Å²) in [7, 11) is 0. The minimum absolute atomic E-state index is 0.270. The van der Waals surface area contributed by atoms with Gasteiger partial charge in [0.2, 0.25) is 5.13 Å². The van der Waals surface area contributed by atoms with E-state index in [-0.39, 0.29) is 11.2 Å². The molecular formula is C24H24N6O2S. The minimum Gasteiger partial charge on any atom is -0.378 e. The molecule has 33 heavy (non-hydrogen) atoms. The smallest absolute Gasteiger partial charge is 0.301 e. The predicted molar refractivity (Wildman–Crippen MR) is 131 cm³/mol. The van der Waals surface area contributed by atoms with E-state index in [0.717, 1.165) is 40.6 Å². The SMILES string of the molecule is Cc1[nH]n(-c2nc(-c3ccccc3)c(C)s2)c(=O)c1N=Nc1ccccc1N1CCOCC1. The topological polar surface area (TPSA) is 87.9 Å². The second-order valence-electron chi connectivity index (χ2n) is 7.78. The summed E-state index contributed by atoms with van der Waals surface area (Å²) in [5, 5.41) is 12.5. The van der Waals surface area contributed by atoms with Crippen molar-refractivity contribution < 1.29 is 4.74 Å². The molecule has 0 radical (unpaired) electrons. The normalized spacial score (nSPS) is 14.3. The van der Waals surface area contributed by atoms with Crippen molar-refractivity contribution >= 4 is 28.4 Å². The highest BCUT2D eigenvalue weighted by molar-refractivity contribution is 7.14. The number of ether oxygens (including phenoxy) is 1. The largest absolute Gasteiger partial charge is 0.378 e. The Morgan fingerprint density at radius 3 is 2.52 bits per heavy atom. The molecule has 0 unspecified atom stereocenters. The third kappa shape index (κ3) is 4.24. The first-order chi connectivity index (χ1) is 16.1. The summed E-state index contributed by atoms with van der Waals surface area (Å²) in [6, 6.07) is 17.8. The summed E-state index contributed by atoms with van der Waals surface area (Å²) in [5.41, 5.74) is 4.26. The molecule has 2 aromatic carbocycles. The molecule has 3 heterocycles. The number of thiazole rings is 1. The van der Waals surface area contributed by atoms with Crippen LogP contribution in [-0.2, 0) is 4.74 Å². The molecule has 0 atom stereocenters. The average Bonchev–Trinajstić information content (AvgIpc) is 3.37. The van der Waals surface area contributed by atoms with E-state index in [0.29, 0.717) is 24.0 Å². The van der Waals surface area contributed by atoms with Crippen molar-refractivity contribution in [2.75, 3.05) is 31.2 Å². The van der Waals surface area contributed by atoms with Gasteiger partial charge in [0.25, 0.3) is 0 Å². The summed E-state index contributed by atoms with van der Waals surface area (Å²) in [6.07, 6.45) is 0. The number of aryl methyl sites for hydroxylation is 2. The second-order valence-corrected chi connectivity index (χ2v) is 8.96. The molecule has 0 saturated carbocycles. The van der Waals surface area contributed by atoms with Crippen molar-refractivity contribution in [3.63, 3.8) is 0 Å². The zero-order valence-electron chi connectivity index (χ0n) is 18.5. The third-order valence-electron chi connectivity index (χ3n) is 5.56. The quantitative estimate of drug-likeness (QED) is 0.417. The Kier molecular flexibility index (Phi) is 5.89. The molecule has 0 amide bonds. The van der Waals surface area contributed by atoms with E-state index < -0.39 is 0 Å². The highest BCUT2D eigenvalue weighted by atomic mass is 32.1. The van der Waals surface area contributed by atoms with Gasteiger partial charge in [0.1, 0.15) is 5.69 Å². The number of hydrogen-bond donors (Lipinski definition) is 1. The van der Waals surface area contributed by atoms with Crippen LogP contribution in [0, 0.1) is 13.8 Å². The van der Waals surface area contributed by atoms with Crippen LogP contribution in [0.5, 0.6) is 0 Å². The molecular weight excluding hydrogens is 436 g/mol. The van der Waals surface area contributed by atoms with Crippen LogP contribution in [0.4, 0.5) is 17.1 Å². The van der Waals surface area contributed by atoms with E-state index >= 15 is 0 Å². The van der Waals surface area contributed by atoms with E-state index in [4.69, 9.17) is 9.72 Å². The molecule has 1 saturated heterocycles. The molecule has 4 aromatic rings. The van der Waals surface area contributed by atoms with Gasteiger partial charge in [-0.1, -0.05) is 53.8 Å². The Bertz CT molecular complexity index is 1350. The minimum atomic E-state index is -0.270. The fourth-order valence-corrected chi connectivity index (χ4v) is 4.75. The Labute approximate surface area is 195 Å². The highest BCUT2D eigenvalue weighted by Crippen LogP contribution is 2.31. The monoisotopic (exact) mass is 460 g/mol. The Hall–Kier alpha value is -3.56. The molecule has 1 aliphatic rings. The zero-order chi connectivity index (χ0) is 22.8. The molecule has 1 fully saturated rings. The summed E-state index contributed by atoms with van der Waals surface area (Å²) in [5.74, 6) is 0. The van der Waals surface area contributed by atoms with Gasteiger partial charge in [0, 0.05) is 23.5 Å². The number of H-pyrrole nitrogens is 1. The van der Waals surface area contributed by atoms with Gasteiger partial charge in [-0.3, -0.25) is 9.89 Å². The molecule has 0 spiro atoms. The third-order valence-corrected chi connectivity index (χ3v) is 6.51. The van der Waals surface area contributed by atoms with Gasteiger partial charge in [-0.25, -0.2) is 4.98 Å². The number of nitrogens with zero attached hydrogens (tertiary/aromatic N) is 5. The van der Waals surface area contributed by atoms with E-state index in [2.05, 4.69) is 20.2 Å². The maximum atomic E-state index is 13.2. The van der Waals surface area contributed by atoms with E-state index in [1.807, 2.05) is 68.4 Å². The first-order valence-electron chi connectivity index (χ1n) is 10.8. The van der Waals surface area contributed by atoms with E-state index in [1.165, 1.54) is 16.0 Å². The average molecular weight is 461 g/mol. The lowest BCUT2D eigenvalue weighted by atomic mass is 10.1. The zero-order valence-corrected chi connectivity index (χ0v) is 19.3. The fourth-order valence-electron chi connectivity index (χ4n) is 3.86. The maximum absolute atomic E-state index is 13.2. The van der Waals surface area contributed by atoms with Gasteiger partial charge >= 0.3 is 5.56 Å². The Balaban J connectivity index is 1.47. The number of azo groups is 1. The van der Waals surface area contributed by atoms with Crippen LogP contribution in [0.3, 0.4) is 0 Å². The van der Waals surface area contributed by atoms with Crippen molar-refractivity contribution in [1.82, 2.24) is 14.8 Å². The number of para-hydroxylation sites is 1. The van der Waals surface area contributed by atoms with Gasteiger partial charge in [0.05, 0.1) is 30.3 Å². The fraction of sp³-hybridized carbons (Fsp3) is 0.250. The summed E-state index contributed by atoms with van der Waals surface area (Å²) in [4.78, 5) is 21.2.